The smallest absolute Gasteiger partial charge is 0.264 e. The third-order valence-corrected chi connectivity index (χ3v) is 5.83. The zero-order valence-electron chi connectivity index (χ0n) is 15.7. The van der Waals surface area contributed by atoms with Gasteiger partial charge in [-0.15, -0.1) is 0 Å². The van der Waals surface area contributed by atoms with Gasteiger partial charge >= 0.3 is 0 Å². The summed E-state index contributed by atoms with van der Waals surface area (Å²) in [6, 6.07) is 17.2. The summed E-state index contributed by atoms with van der Waals surface area (Å²) in [7, 11) is -3.82. The molecule has 146 valence electrons. The first kappa shape index (κ1) is 20.3. The van der Waals surface area contributed by atoms with Crippen molar-refractivity contribution in [2.45, 2.75) is 31.1 Å². The van der Waals surface area contributed by atoms with Crippen LogP contribution in [0.1, 0.15) is 26.5 Å². The van der Waals surface area contributed by atoms with E-state index in [1.54, 1.807) is 30.3 Å². The van der Waals surface area contributed by atoms with E-state index in [9.17, 15) is 8.42 Å². The summed E-state index contributed by atoms with van der Waals surface area (Å²) < 4.78 is 34.2. The summed E-state index contributed by atoms with van der Waals surface area (Å²) in [5.74, 6) is 0.762. The molecule has 0 aliphatic heterocycles. The van der Waals surface area contributed by atoms with Crippen LogP contribution in [0.5, 0.6) is 11.6 Å². The average Bonchev–Trinajstić information content (AvgIpc) is 2.64. The summed E-state index contributed by atoms with van der Waals surface area (Å²) >= 11 is 3.51. The zero-order chi connectivity index (χ0) is 20.4. The van der Waals surface area contributed by atoms with Crippen molar-refractivity contribution in [3.63, 3.8) is 0 Å². The molecule has 0 aliphatic rings. The number of nitrogens with one attached hydrogen (secondary N) is 1. The second kappa shape index (κ2) is 7.89. The van der Waals surface area contributed by atoms with E-state index >= 15 is 0 Å². The highest BCUT2D eigenvalue weighted by Gasteiger charge is 2.26. The second-order valence-corrected chi connectivity index (χ2v) is 9.57. The molecule has 0 aliphatic carbocycles. The highest BCUT2D eigenvalue weighted by Crippen LogP contribution is 2.37. The fourth-order valence-electron chi connectivity index (χ4n) is 2.42. The van der Waals surface area contributed by atoms with Gasteiger partial charge in [0, 0.05) is 5.41 Å². The van der Waals surface area contributed by atoms with Crippen molar-refractivity contribution < 1.29 is 13.2 Å². The van der Waals surface area contributed by atoms with Crippen LogP contribution in [0, 0.1) is 0 Å². The number of anilines is 1. The number of rotatable bonds is 5. The van der Waals surface area contributed by atoms with Crippen LogP contribution in [0.3, 0.4) is 0 Å². The minimum Gasteiger partial charge on any atom is -0.438 e. The van der Waals surface area contributed by atoms with Gasteiger partial charge in [-0.25, -0.2) is 18.1 Å². The number of hydrogen-bond donors (Lipinski definition) is 1. The van der Waals surface area contributed by atoms with Gasteiger partial charge in [0.2, 0.25) is 11.8 Å². The van der Waals surface area contributed by atoms with Crippen LogP contribution >= 0.6 is 15.9 Å². The number of hydrogen-bond acceptors (Lipinski definition) is 5. The van der Waals surface area contributed by atoms with Crippen molar-refractivity contribution in [2.75, 3.05) is 4.72 Å². The Morgan fingerprint density at radius 2 is 1.50 bits per heavy atom. The maximum atomic E-state index is 12.7. The number of aromatic nitrogens is 2. The van der Waals surface area contributed by atoms with Crippen molar-refractivity contribution in [2.24, 2.45) is 0 Å². The number of benzene rings is 2. The quantitative estimate of drug-likeness (QED) is 0.569. The van der Waals surface area contributed by atoms with Crippen molar-refractivity contribution >= 4 is 31.9 Å². The molecular formula is C20H20BrN3O3S. The predicted molar refractivity (Wildman–Crippen MR) is 112 cm³/mol. The molecule has 0 saturated carbocycles. The van der Waals surface area contributed by atoms with E-state index in [4.69, 9.17) is 4.74 Å². The molecule has 0 amide bonds. The first-order valence-electron chi connectivity index (χ1n) is 8.55. The lowest BCUT2D eigenvalue weighted by Crippen LogP contribution is -2.20. The number of nitrogens with zero attached hydrogens (tertiary/aromatic N) is 2. The fourth-order valence-corrected chi connectivity index (χ4v) is 4.23. The molecule has 0 bridgehead atoms. The highest BCUT2D eigenvalue weighted by molar-refractivity contribution is 9.10. The van der Waals surface area contributed by atoms with Crippen LogP contribution in [0.4, 0.5) is 5.95 Å². The van der Waals surface area contributed by atoms with Crippen LogP contribution in [0.25, 0.3) is 0 Å². The lowest BCUT2D eigenvalue weighted by Gasteiger charge is -2.21. The lowest BCUT2D eigenvalue weighted by atomic mass is 9.92. The zero-order valence-corrected chi connectivity index (χ0v) is 18.1. The second-order valence-electron chi connectivity index (χ2n) is 7.10. The summed E-state index contributed by atoms with van der Waals surface area (Å²) in [5, 5.41) is 0. The molecule has 2 aromatic carbocycles. The standard InChI is InChI=1S/C20H20BrN3O3S/c1-20(2,3)17-16(21)18(27-14-10-6-4-7-11-14)23-19(22-17)24-28(25,26)15-12-8-5-9-13-15/h4-13H,1-3H3,(H,22,23,24). The molecule has 0 unspecified atom stereocenters. The Bertz CT molecular complexity index is 1070. The molecule has 3 rings (SSSR count). The van der Waals surface area contributed by atoms with E-state index < -0.39 is 10.0 Å². The average molecular weight is 462 g/mol. The van der Waals surface area contributed by atoms with E-state index in [0.717, 1.165) is 0 Å². The molecule has 6 nitrogen and oxygen atoms in total. The normalized spacial score (nSPS) is 11.9. The largest absolute Gasteiger partial charge is 0.438 e. The van der Waals surface area contributed by atoms with Gasteiger partial charge in [-0.2, -0.15) is 4.98 Å². The minimum atomic E-state index is -3.82. The van der Waals surface area contributed by atoms with Crippen LogP contribution in [-0.2, 0) is 15.4 Å². The number of halogens is 1. The summed E-state index contributed by atoms with van der Waals surface area (Å²) in [6.45, 7) is 5.92. The first-order chi connectivity index (χ1) is 13.2. The molecule has 8 heteroatoms. The molecule has 0 fully saturated rings. The molecule has 1 N–H and O–H groups in total. The first-order valence-corrected chi connectivity index (χ1v) is 10.8. The molecule has 0 saturated heterocycles. The Labute approximate surface area is 173 Å². The van der Waals surface area contributed by atoms with Crippen LogP contribution in [-0.4, -0.2) is 18.4 Å². The van der Waals surface area contributed by atoms with Gasteiger partial charge < -0.3 is 4.74 Å². The number of ether oxygens (including phenoxy) is 1. The van der Waals surface area contributed by atoms with Crippen molar-refractivity contribution in [3.8, 4) is 11.6 Å². The Morgan fingerprint density at radius 1 is 0.929 bits per heavy atom. The molecule has 3 aromatic rings. The van der Waals surface area contributed by atoms with E-state index in [-0.39, 0.29) is 22.1 Å². The Morgan fingerprint density at radius 3 is 2.07 bits per heavy atom. The SMILES string of the molecule is CC(C)(C)c1nc(NS(=O)(=O)c2ccccc2)nc(Oc2ccccc2)c1Br. The van der Waals surface area contributed by atoms with Gasteiger partial charge in [0.1, 0.15) is 10.2 Å². The van der Waals surface area contributed by atoms with Gasteiger partial charge in [0.25, 0.3) is 10.0 Å². The van der Waals surface area contributed by atoms with E-state index in [1.807, 2.05) is 39.0 Å². The molecule has 1 heterocycles. The van der Waals surface area contributed by atoms with Gasteiger partial charge in [-0.1, -0.05) is 57.2 Å². The molecule has 0 radical (unpaired) electrons. The predicted octanol–water partition coefficient (Wildman–Crippen LogP) is 5.13. The number of sulfonamides is 1. The molecule has 0 spiro atoms. The summed E-state index contributed by atoms with van der Waals surface area (Å²) in [4.78, 5) is 8.84. The van der Waals surface area contributed by atoms with E-state index in [1.165, 1.54) is 12.1 Å². The van der Waals surface area contributed by atoms with Crippen molar-refractivity contribution in [1.82, 2.24) is 9.97 Å². The van der Waals surface area contributed by atoms with Crippen molar-refractivity contribution in [3.05, 3.63) is 70.8 Å². The molecule has 0 atom stereocenters. The summed E-state index contributed by atoms with van der Waals surface area (Å²) in [5.41, 5.74) is 0.253. The molecule has 1 aromatic heterocycles. The summed E-state index contributed by atoms with van der Waals surface area (Å²) in [6.07, 6.45) is 0. The van der Waals surface area contributed by atoms with Gasteiger partial charge in [0.05, 0.1) is 10.6 Å². The third kappa shape index (κ3) is 4.69. The highest BCUT2D eigenvalue weighted by atomic mass is 79.9. The lowest BCUT2D eigenvalue weighted by molar-refractivity contribution is 0.451. The molecule has 28 heavy (non-hydrogen) atoms. The Hall–Kier alpha value is -2.45. The maximum Gasteiger partial charge on any atom is 0.264 e. The third-order valence-electron chi connectivity index (χ3n) is 3.77. The van der Waals surface area contributed by atoms with Crippen LogP contribution in [0.15, 0.2) is 70.0 Å². The minimum absolute atomic E-state index is 0.0529. The van der Waals surface area contributed by atoms with Crippen LogP contribution < -0.4 is 9.46 Å². The Kier molecular flexibility index (Phi) is 5.71. The van der Waals surface area contributed by atoms with Crippen LogP contribution in [0.2, 0.25) is 0 Å². The van der Waals surface area contributed by atoms with Gasteiger partial charge in [-0.3, -0.25) is 0 Å². The Balaban J connectivity index is 2.05. The number of para-hydroxylation sites is 1. The van der Waals surface area contributed by atoms with E-state index in [2.05, 4.69) is 30.6 Å². The maximum absolute atomic E-state index is 12.7. The van der Waals surface area contributed by atoms with Gasteiger partial charge in [-0.05, 0) is 40.2 Å². The van der Waals surface area contributed by atoms with E-state index in [0.29, 0.717) is 15.9 Å². The van der Waals surface area contributed by atoms with Gasteiger partial charge in [0.15, 0.2) is 0 Å². The van der Waals surface area contributed by atoms with Crippen molar-refractivity contribution in [1.29, 1.82) is 0 Å². The topological polar surface area (TPSA) is 81.2 Å². The monoisotopic (exact) mass is 461 g/mol. The molecular weight excluding hydrogens is 442 g/mol. The fraction of sp³-hybridized carbons (Fsp3) is 0.200.